The van der Waals surface area contributed by atoms with Crippen molar-refractivity contribution in [2.24, 2.45) is 0 Å². The van der Waals surface area contributed by atoms with E-state index >= 15 is 0 Å². The fourth-order valence-corrected chi connectivity index (χ4v) is 3.18. The zero-order valence-corrected chi connectivity index (χ0v) is 15.3. The Morgan fingerprint density at radius 1 is 1.18 bits per heavy atom. The van der Waals surface area contributed by atoms with E-state index in [9.17, 15) is 9.18 Å². The van der Waals surface area contributed by atoms with Crippen LogP contribution >= 0.6 is 0 Å². The first-order valence-corrected chi connectivity index (χ1v) is 8.86. The molecule has 0 radical (unpaired) electrons. The number of pyridine rings is 1. The third kappa shape index (κ3) is 3.73. The third-order valence-corrected chi connectivity index (χ3v) is 4.56. The smallest absolute Gasteiger partial charge is 0.338 e. The van der Waals surface area contributed by atoms with Gasteiger partial charge < -0.3 is 14.2 Å². The zero-order chi connectivity index (χ0) is 19.5. The van der Waals surface area contributed by atoms with Gasteiger partial charge in [-0.05, 0) is 12.1 Å². The third-order valence-electron chi connectivity index (χ3n) is 4.56. The molecule has 6 heteroatoms. The predicted molar refractivity (Wildman–Crippen MR) is 98.1 cm³/mol. The van der Waals surface area contributed by atoms with Crippen LogP contribution in [-0.2, 0) is 22.6 Å². The van der Waals surface area contributed by atoms with Gasteiger partial charge in [-0.1, -0.05) is 30.3 Å². The molecule has 0 N–H and O–H groups in total. The van der Waals surface area contributed by atoms with Gasteiger partial charge in [-0.3, -0.25) is 0 Å². The molecule has 5 nitrogen and oxygen atoms in total. The van der Waals surface area contributed by atoms with Gasteiger partial charge in [-0.2, -0.15) is 0 Å². The number of halogens is 1. The molecular formula is C22H19FNO4+. The van der Waals surface area contributed by atoms with Gasteiger partial charge in [-0.15, -0.1) is 0 Å². The maximum atomic E-state index is 14.1. The van der Waals surface area contributed by atoms with Crippen molar-refractivity contribution in [3.05, 3.63) is 95.1 Å². The predicted octanol–water partition coefficient (Wildman–Crippen LogP) is 3.56. The lowest BCUT2D eigenvalue weighted by atomic mass is 10.1. The molecule has 0 aliphatic carbocycles. The van der Waals surface area contributed by atoms with Gasteiger partial charge in [-0.25, -0.2) is 13.8 Å². The van der Waals surface area contributed by atoms with Crippen LogP contribution in [0.5, 0.6) is 5.75 Å². The van der Waals surface area contributed by atoms with Crippen LogP contribution in [0.15, 0.2) is 67.0 Å². The van der Waals surface area contributed by atoms with Crippen molar-refractivity contribution in [3.63, 3.8) is 0 Å². The fourth-order valence-electron chi connectivity index (χ4n) is 3.18. The van der Waals surface area contributed by atoms with Gasteiger partial charge in [0.1, 0.15) is 11.6 Å². The van der Waals surface area contributed by atoms with Crippen LogP contribution in [0.4, 0.5) is 4.39 Å². The Morgan fingerprint density at radius 2 is 1.93 bits per heavy atom. The van der Waals surface area contributed by atoms with E-state index in [1.54, 1.807) is 24.5 Å². The normalized spacial score (nSPS) is 15.4. The molecule has 1 atom stereocenters. The molecule has 0 unspecified atom stereocenters. The summed E-state index contributed by atoms with van der Waals surface area (Å²) in [5, 5.41) is 0. The van der Waals surface area contributed by atoms with Crippen LogP contribution in [0.25, 0.3) is 0 Å². The molecule has 1 aliphatic heterocycles. The summed E-state index contributed by atoms with van der Waals surface area (Å²) >= 11 is 0. The average molecular weight is 380 g/mol. The second-order valence-electron chi connectivity index (χ2n) is 6.48. The topological polar surface area (TPSA) is 48.6 Å². The van der Waals surface area contributed by atoms with Crippen molar-refractivity contribution in [1.82, 2.24) is 0 Å². The first-order chi connectivity index (χ1) is 13.6. The van der Waals surface area contributed by atoms with Crippen molar-refractivity contribution in [2.45, 2.75) is 19.4 Å². The Morgan fingerprint density at radius 3 is 2.64 bits per heavy atom. The number of carbonyl (C=O) groups is 1. The SMILES string of the molecule is COC(=O)c1cc[n+](Cc2cc(F)cc3c2O[C@H](c2ccccc2)OC3)cc1. The van der Waals surface area contributed by atoms with Crippen molar-refractivity contribution in [3.8, 4) is 5.75 Å². The van der Waals surface area contributed by atoms with Gasteiger partial charge in [0, 0.05) is 23.3 Å². The number of aromatic nitrogens is 1. The van der Waals surface area contributed by atoms with E-state index < -0.39 is 12.3 Å². The van der Waals surface area contributed by atoms with E-state index in [-0.39, 0.29) is 12.4 Å². The minimum absolute atomic E-state index is 0.269. The van der Waals surface area contributed by atoms with Crippen molar-refractivity contribution >= 4 is 5.97 Å². The number of benzene rings is 2. The highest BCUT2D eigenvalue weighted by molar-refractivity contribution is 5.88. The summed E-state index contributed by atoms with van der Waals surface area (Å²) in [4.78, 5) is 11.6. The second kappa shape index (κ2) is 7.78. The number of esters is 1. The number of carbonyl (C=O) groups excluding carboxylic acids is 1. The second-order valence-corrected chi connectivity index (χ2v) is 6.48. The van der Waals surface area contributed by atoms with Crippen molar-refractivity contribution < 1.29 is 28.0 Å². The first kappa shape index (κ1) is 18.1. The van der Waals surface area contributed by atoms with Crippen LogP contribution in [-0.4, -0.2) is 13.1 Å². The molecule has 0 spiro atoms. The lowest BCUT2D eigenvalue weighted by Crippen LogP contribution is -2.34. The lowest BCUT2D eigenvalue weighted by molar-refractivity contribution is -0.688. The molecule has 3 aromatic rings. The van der Waals surface area contributed by atoms with E-state index in [4.69, 9.17) is 14.2 Å². The number of rotatable bonds is 4. The Kier molecular flexibility index (Phi) is 5.04. The minimum Gasteiger partial charge on any atom is -0.465 e. The van der Waals surface area contributed by atoms with E-state index in [2.05, 4.69) is 0 Å². The van der Waals surface area contributed by atoms with Crippen LogP contribution in [0, 0.1) is 5.82 Å². The molecule has 142 valence electrons. The molecule has 0 saturated heterocycles. The van der Waals surface area contributed by atoms with E-state index in [1.807, 2.05) is 34.9 Å². The monoisotopic (exact) mass is 380 g/mol. The summed E-state index contributed by atoms with van der Waals surface area (Å²) < 4.78 is 32.5. The minimum atomic E-state index is -0.537. The molecule has 0 amide bonds. The highest BCUT2D eigenvalue weighted by Gasteiger charge is 2.26. The van der Waals surface area contributed by atoms with E-state index in [1.165, 1.54) is 19.2 Å². The average Bonchev–Trinajstić information content (AvgIpc) is 2.74. The first-order valence-electron chi connectivity index (χ1n) is 8.86. The quantitative estimate of drug-likeness (QED) is 0.513. The molecule has 1 aromatic heterocycles. The molecular weight excluding hydrogens is 361 g/mol. The van der Waals surface area contributed by atoms with Gasteiger partial charge in [0.15, 0.2) is 18.9 Å². The summed E-state index contributed by atoms with van der Waals surface area (Å²) in [5.74, 6) is -0.113. The standard InChI is InChI=1S/C22H19FNO4/c1-26-21(25)15-7-9-24(10-8-15)13-17-11-19(23)12-18-14-27-22(28-20(17)18)16-5-3-2-4-6-16/h2-12,22H,13-14H2,1H3/q+1/t22-/m1/s1. The number of hydrogen-bond donors (Lipinski definition) is 0. The van der Waals surface area contributed by atoms with Crippen LogP contribution in [0.3, 0.4) is 0 Å². The molecule has 2 heterocycles. The summed E-state index contributed by atoms with van der Waals surface area (Å²) in [7, 11) is 1.34. The van der Waals surface area contributed by atoms with Gasteiger partial charge in [0.05, 0.1) is 24.8 Å². The molecule has 0 bridgehead atoms. The number of nitrogens with zero attached hydrogens (tertiary/aromatic N) is 1. The largest absolute Gasteiger partial charge is 0.465 e. The highest BCUT2D eigenvalue weighted by atomic mass is 19.1. The molecule has 0 saturated carbocycles. The number of fused-ring (bicyclic) bond motifs is 1. The maximum absolute atomic E-state index is 14.1. The number of ether oxygens (including phenoxy) is 3. The molecule has 2 aromatic carbocycles. The van der Waals surface area contributed by atoms with Crippen molar-refractivity contribution in [1.29, 1.82) is 0 Å². The summed E-state index contributed by atoms with van der Waals surface area (Å²) in [6.45, 7) is 0.661. The molecule has 28 heavy (non-hydrogen) atoms. The van der Waals surface area contributed by atoms with Crippen molar-refractivity contribution in [2.75, 3.05) is 7.11 Å². The molecule has 4 rings (SSSR count). The highest BCUT2D eigenvalue weighted by Crippen LogP contribution is 2.36. The van der Waals surface area contributed by atoms with Gasteiger partial charge in [0.25, 0.3) is 0 Å². The maximum Gasteiger partial charge on any atom is 0.338 e. The number of methoxy groups -OCH3 is 1. The Bertz CT molecular complexity index is 989. The van der Waals surface area contributed by atoms with E-state index in [0.29, 0.717) is 29.0 Å². The fraction of sp³-hybridized carbons (Fsp3) is 0.182. The Hall–Kier alpha value is -3.25. The number of hydrogen-bond acceptors (Lipinski definition) is 4. The van der Waals surface area contributed by atoms with Crippen LogP contribution in [0.2, 0.25) is 0 Å². The van der Waals surface area contributed by atoms with Crippen LogP contribution < -0.4 is 9.30 Å². The Labute approximate surface area is 161 Å². The van der Waals surface area contributed by atoms with Gasteiger partial charge >= 0.3 is 5.97 Å². The molecule has 1 aliphatic rings. The lowest BCUT2D eigenvalue weighted by Gasteiger charge is -2.28. The van der Waals surface area contributed by atoms with Gasteiger partial charge in [0.2, 0.25) is 6.29 Å². The Balaban J connectivity index is 1.62. The summed E-state index contributed by atoms with van der Waals surface area (Å²) in [6, 6.07) is 15.8. The summed E-state index contributed by atoms with van der Waals surface area (Å²) in [5.41, 5.74) is 2.73. The zero-order valence-electron chi connectivity index (χ0n) is 15.3. The van der Waals surface area contributed by atoms with Crippen LogP contribution in [0.1, 0.15) is 33.3 Å². The van der Waals surface area contributed by atoms with E-state index in [0.717, 1.165) is 5.56 Å². The summed E-state index contributed by atoms with van der Waals surface area (Å²) in [6.07, 6.45) is 2.96. The molecule has 0 fully saturated rings.